The van der Waals surface area contributed by atoms with Crippen molar-refractivity contribution in [1.82, 2.24) is 0 Å². The maximum absolute atomic E-state index is 13.8. The maximum atomic E-state index is 13.8. The fourth-order valence-corrected chi connectivity index (χ4v) is 6.16. The third kappa shape index (κ3) is 4.60. The Bertz CT molecular complexity index is 1480. The first kappa shape index (κ1) is 25.0. The van der Waals surface area contributed by atoms with E-state index < -0.39 is 43.1 Å². The number of amidine groups is 1. The lowest BCUT2D eigenvalue weighted by atomic mass is 9.63. The highest BCUT2D eigenvalue weighted by molar-refractivity contribution is 7.91. The second-order valence-corrected chi connectivity index (χ2v) is 12.3. The number of nitrogens with one attached hydrogen (secondary N) is 2. The van der Waals surface area contributed by atoms with Crippen LogP contribution in [0.3, 0.4) is 0 Å². The van der Waals surface area contributed by atoms with Crippen LogP contribution in [0.1, 0.15) is 49.5 Å². The van der Waals surface area contributed by atoms with Crippen LogP contribution in [-0.4, -0.2) is 34.2 Å². The van der Waals surface area contributed by atoms with Gasteiger partial charge in [0.25, 0.3) is 20.2 Å². The average Bonchev–Trinajstić information content (AvgIpc) is 2.76. The van der Waals surface area contributed by atoms with Crippen LogP contribution in [0.5, 0.6) is 0 Å². The molecule has 2 aliphatic rings. The molecule has 1 heterocycles. The Morgan fingerprint density at radius 2 is 1.86 bits per heavy atom. The van der Waals surface area contributed by atoms with Gasteiger partial charge < -0.3 is 5.32 Å². The molecular weight excluding hydrogens is 492 g/mol. The van der Waals surface area contributed by atoms with E-state index in [1.165, 1.54) is 12.1 Å². The maximum Gasteiger partial charge on any atom is 0.296 e. The van der Waals surface area contributed by atoms with Crippen molar-refractivity contribution in [2.75, 3.05) is 10.0 Å². The Labute approximate surface area is 204 Å². The summed E-state index contributed by atoms with van der Waals surface area (Å²) in [5.41, 5.74) is -0.0145. The van der Waals surface area contributed by atoms with Crippen LogP contribution >= 0.6 is 0 Å². The molecule has 1 unspecified atom stereocenters. The Morgan fingerprint density at radius 3 is 2.51 bits per heavy atom. The molecule has 4 N–H and O–H groups in total. The number of nitrogens with zero attached hydrogens (tertiary/aromatic N) is 1. The van der Waals surface area contributed by atoms with E-state index in [-0.39, 0.29) is 22.1 Å². The molecule has 2 aromatic carbocycles. The summed E-state index contributed by atoms with van der Waals surface area (Å²) in [6.07, 6.45) is 1.22. The second kappa shape index (κ2) is 8.54. The number of hydrogen-bond acceptors (Lipinski definition) is 7. The minimum absolute atomic E-state index is 0.0679. The van der Waals surface area contributed by atoms with Gasteiger partial charge in [-0.15, -0.1) is 4.40 Å². The van der Waals surface area contributed by atoms with Gasteiger partial charge in [-0.1, -0.05) is 38.1 Å². The number of ketones is 2. The van der Waals surface area contributed by atoms with Crippen LogP contribution in [-0.2, 0) is 30.4 Å². The van der Waals surface area contributed by atoms with Crippen molar-refractivity contribution in [3.8, 4) is 0 Å². The lowest BCUT2D eigenvalue weighted by Gasteiger charge is -2.39. The molecule has 0 saturated heterocycles. The van der Waals surface area contributed by atoms with Crippen molar-refractivity contribution in [2.24, 2.45) is 21.4 Å². The highest BCUT2D eigenvalue weighted by Gasteiger charge is 2.51. The molecule has 12 heteroatoms. The molecule has 10 nitrogen and oxygen atoms in total. The number of anilines is 2. The molecule has 0 aromatic heterocycles. The van der Waals surface area contributed by atoms with E-state index in [1.807, 2.05) is 18.6 Å². The monoisotopic (exact) mass is 518 g/mol. The van der Waals surface area contributed by atoms with Gasteiger partial charge in [0.15, 0.2) is 11.6 Å². The number of sulfonamides is 1. The first-order chi connectivity index (χ1) is 16.2. The van der Waals surface area contributed by atoms with Gasteiger partial charge in [0.1, 0.15) is 16.6 Å². The minimum Gasteiger partial charge on any atom is -0.341 e. The van der Waals surface area contributed by atoms with Crippen molar-refractivity contribution in [2.45, 2.75) is 43.9 Å². The van der Waals surface area contributed by atoms with Gasteiger partial charge in [-0.05, 0) is 49.4 Å². The lowest BCUT2D eigenvalue weighted by molar-refractivity contribution is -0.125. The van der Waals surface area contributed by atoms with Crippen LogP contribution in [0.15, 0.2) is 51.8 Å². The number of hydrogen-bond donors (Lipinski definition) is 3. The number of carbonyl (C=O) groups excluding carboxylic acids is 2. The molecule has 1 aliphatic carbocycles. The van der Waals surface area contributed by atoms with Crippen LogP contribution in [0.25, 0.3) is 0 Å². The van der Waals surface area contributed by atoms with Gasteiger partial charge in [-0.25, -0.2) is 5.14 Å². The predicted molar refractivity (Wildman–Crippen MR) is 132 cm³/mol. The van der Waals surface area contributed by atoms with Gasteiger partial charge in [0, 0.05) is 5.56 Å². The molecular formula is C23H26N4O6S2. The molecule has 186 valence electrons. The smallest absolute Gasteiger partial charge is 0.296 e. The quantitative estimate of drug-likeness (QED) is 0.494. The molecule has 0 fully saturated rings. The zero-order valence-electron chi connectivity index (χ0n) is 19.4. The molecule has 2 aromatic rings. The second-order valence-electron chi connectivity index (χ2n) is 9.41. The Hall–Kier alpha value is -3.09. The number of benzene rings is 2. The standard InChI is InChI=1S/C23H26N4O6S2/c1-13(2)10-11-23(3)16-7-5-4-6-15(16)20(28)19(21(23)29)22-25-17-9-8-14(26-35(24,32)33)12-18(17)34(30,31)27-22/h4-9,12-13,19,26H,10-11H2,1-3H3,(H,25,27)(H2,24,32,33)/t19?,23-/m1/s1. The minimum atomic E-state index is -4.36. The number of fused-ring (bicyclic) bond motifs is 2. The van der Waals surface area contributed by atoms with Crippen molar-refractivity contribution < 1.29 is 26.4 Å². The molecule has 1 aliphatic heterocycles. The summed E-state index contributed by atoms with van der Waals surface area (Å²) in [7, 11) is -8.49. The highest BCUT2D eigenvalue weighted by atomic mass is 32.2. The van der Waals surface area contributed by atoms with Gasteiger partial charge in [0.2, 0.25) is 0 Å². The molecule has 0 bridgehead atoms. The van der Waals surface area contributed by atoms with Gasteiger partial charge in [0.05, 0.1) is 16.8 Å². The van der Waals surface area contributed by atoms with E-state index in [0.717, 1.165) is 12.5 Å². The van der Waals surface area contributed by atoms with Crippen molar-refractivity contribution in [1.29, 1.82) is 0 Å². The van der Waals surface area contributed by atoms with E-state index in [2.05, 4.69) is 9.71 Å². The number of carbonyl (C=O) groups is 2. The largest absolute Gasteiger partial charge is 0.341 e. The summed E-state index contributed by atoms with van der Waals surface area (Å²) in [5.74, 6) is -2.32. The Morgan fingerprint density at radius 1 is 1.17 bits per heavy atom. The van der Waals surface area contributed by atoms with Crippen LogP contribution in [0.2, 0.25) is 0 Å². The number of Topliss-reactive ketones (excluding diaryl/α,β-unsaturated/α-hetero) is 2. The third-order valence-electron chi connectivity index (χ3n) is 6.35. The third-order valence-corrected chi connectivity index (χ3v) is 8.20. The SMILES string of the molecule is CC(C)CC[C@@]1(C)C(=O)C(C2=NS(=O)(=O)c3cc(NS(N)(=O)=O)ccc3N2)C(=O)c2ccccc21. The highest BCUT2D eigenvalue weighted by Crippen LogP contribution is 2.42. The van der Waals surface area contributed by atoms with E-state index in [4.69, 9.17) is 5.14 Å². The number of rotatable bonds is 6. The van der Waals surface area contributed by atoms with E-state index in [1.54, 1.807) is 31.2 Å². The first-order valence-electron chi connectivity index (χ1n) is 11.0. The fraction of sp³-hybridized carbons (Fsp3) is 0.348. The van der Waals surface area contributed by atoms with Gasteiger partial charge >= 0.3 is 0 Å². The summed E-state index contributed by atoms with van der Waals surface area (Å²) < 4.78 is 54.5. The molecule has 4 rings (SSSR count). The predicted octanol–water partition coefficient (Wildman–Crippen LogP) is 2.59. The summed E-state index contributed by atoms with van der Waals surface area (Å²) in [5, 5.41) is 7.79. The average molecular weight is 519 g/mol. The topological polar surface area (TPSA) is 165 Å². The summed E-state index contributed by atoms with van der Waals surface area (Å²) in [6.45, 7) is 5.87. The van der Waals surface area contributed by atoms with Crippen molar-refractivity contribution in [3.05, 3.63) is 53.6 Å². The van der Waals surface area contributed by atoms with E-state index in [9.17, 15) is 26.4 Å². The Balaban J connectivity index is 1.79. The number of nitrogens with two attached hydrogens (primary N) is 1. The first-order valence-corrected chi connectivity index (χ1v) is 14.0. The Kier molecular flexibility index (Phi) is 6.10. The lowest BCUT2D eigenvalue weighted by Crippen LogP contribution is -2.51. The molecule has 0 spiro atoms. The van der Waals surface area contributed by atoms with E-state index in [0.29, 0.717) is 23.5 Å². The zero-order valence-corrected chi connectivity index (χ0v) is 21.0. The zero-order chi connectivity index (χ0) is 25.8. The van der Waals surface area contributed by atoms with Crippen molar-refractivity contribution >= 4 is 49.0 Å². The van der Waals surface area contributed by atoms with Gasteiger partial charge in [-0.2, -0.15) is 16.8 Å². The molecule has 0 amide bonds. The van der Waals surface area contributed by atoms with Crippen LogP contribution < -0.4 is 15.2 Å². The molecule has 0 saturated carbocycles. The van der Waals surface area contributed by atoms with Gasteiger partial charge in [-0.3, -0.25) is 14.3 Å². The van der Waals surface area contributed by atoms with E-state index >= 15 is 0 Å². The fourth-order valence-electron chi connectivity index (χ4n) is 4.52. The molecule has 0 radical (unpaired) electrons. The summed E-state index contributed by atoms with van der Waals surface area (Å²) in [4.78, 5) is 27.0. The van der Waals surface area contributed by atoms with Crippen molar-refractivity contribution in [3.63, 3.8) is 0 Å². The summed E-state index contributed by atoms with van der Waals surface area (Å²) >= 11 is 0. The summed E-state index contributed by atoms with van der Waals surface area (Å²) in [6, 6.07) is 10.6. The molecule has 2 atom stereocenters. The van der Waals surface area contributed by atoms with Crippen LogP contribution in [0.4, 0.5) is 11.4 Å². The normalized spacial score (nSPS) is 23.2. The molecule has 35 heavy (non-hydrogen) atoms. The van der Waals surface area contributed by atoms with Crippen LogP contribution in [0, 0.1) is 11.8 Å².